The number of fused-ring (bicyclic) bond motifs is 1. The van der Waals surface area contributed by atoms with E-state index in [0.717, 1.165) is 5.56 Å². The zero-order chi connectivity index (χ0) is 19.5. The number of ether oxygens (including phenoxy) is 2. The van der Waals surface area contributed by atoms with Crippen molar-refractivity contribution in [2.24, 2.45) is 0 Å². The number of amides is 1. The first-order chi connectivity index (χ1) is 13.6. The molecule has 0 bridgehead atoms. The van der Waals surface area contributed by atoms with Gasteiger partial charge in [-0.2, -0.15) is 0 Å². The molecule has 7 nitrogen and oxygen atoms in total. The van der Waals surface area contributed by atoms with Gasteiger partial charge in [-0.25, -0.2) is 4.39 Å². The van der Waals surface area contributed by atoms with E-state index in [1.807, 2.05) is 0 Å². The Kier molecular flexibility index (Phi) is 4.84. The molecule has 1 atom stereocenters. The Hall–Kier alpha value is -3.55. The highest BCUT2D eigenvalue weighted by molar-refractivity contribution is 5.92. The number of aromatic nitrogens is 3. The minimum atomic E-state index is -0.381. The Morgan fingerprint density at radius 2 is 2.18 bits per heavy atom. The Bertz CT molecular complexity index is 996. The van der Waals surface area contributed by atoms with Crippen molar-refractivity contribution in [3.8, 4) is 22.9 Å². The number of carbonyl (C=O) groups excluding carboxylic acids is 1. The van der Waals surface area contributed by atoms with E-state index in [4.69, 9.17) is 9.47 Å². The van der Waals surface area contributed by atoms with E-state index >= 15 is 0 Å². The molecular formula is C20H17FN4O3. The van der Waals surface area contributed by atoms with Crippen molar-refractivity contribution in [3.05, 3.63) is 65.7 Å². The largest absolute Gasteiger partial charge is 0.487 e. The van der Waals surface area contributed by atoms with Gasteiger partial charge in [0, 0.05) is 29.8 Å². The molecule has 0 saturated heterocycles. The summed E-state index contributed by atoms with van der Waals surface area (Å²) in [6, 6.07) is 11.3. The number of pyridine rings is 1. The quantitative estimate of drug-likeness (QED) is 0.732. The molecule has 28 heavy (non-hydrogen) atoms. The van der Waals surface area contributed by atoms with E-state index in [-0.39, 0.29) is 24.4 Å². The number of halogens is 1. The monoisotopic (exact) mass is 380 g/mol. The van der Waals surface area contributed by atoms with Crippen LogP contribution in [0.25, 0.3) is 11.3 Å². The smallest absolute Gasteiger partial charge is 0.270 e. The minimum Gasteiger partial charge on any atom is -0.487 e. The third-order valence-electron chi connectivity index (χ3n) is 4.38. The molecule has 0 aliphatic carbocycles. The molecule has 8 heteroatoms. The van der Waals surface area contributed by atoms with Gasteiger partial charge in [0.15, 0.2) is 0 Å². The van der Waals surface area contributed by atoms with Crippen molar-refractivity contribution in [2.75, 3.05) is 13.7 Å². The summed E-state index contributed by atoms with van der Waals surface area (Å²) in [7, 11) is 1.50. The second-order valence-corrected chi connectivity index (χ2v) is 6.27. The van der Waals surface area contributed by atoms with Crippen molar-refractivity contribution in [1.29, 1.82) is 0 Å². The molecule has 3 heterocycles. The molecule has 0 fully saturated rings. The average molecular weight is 380 g/mol. The van der Waals surface area contributed by atoms with Crippen molar-refractivity contribution >= 4 is 5.91 Å². The predicted molar refractivity (Wildman–Crippen MR) is 98.7 cm³/mol. The SMILES string of the molecule is COc1ccc(-c2cc(F)cc3c2O[C@@H](CNC(=O)c2ccccn2)C3)nn1. The van der Waals surface area contributed by atoms with Crippen LogP contribution in [0.5, 0.6) is 11.6 Å². The summed E-state index contributed by atoms with van der Waals surface area (Å²) in [6.07, 6.45) is 1.72. The van der Waals surface area contributed by atoms with Gasteiger partial charge in [-0.05, 0) is 30.3 Å². The van der Waals surface area contributed by atoms with Gasteiger partial charge in [0.2, 0.25) is 5.88 Å². The first kappa shape index (κ1) is 17.8. The second-order valence-electron chi connectivity index (χ2n) is 6.27. The van der Waals surface area contributed by atoms with Crippen molar-refractivity contribution in [1.82, 2.24) is 20.5 Å². The van der Waals surface area contributed by atoms with Crippen LogP contribution in [-0.2, 0) is 6.42 Å². The van der Waals surface area contributed by atoms with Gasteiger partial charge < -0.3 is 14.8 Å². The summed E-state index contributed by atoms with van der Waals surface area (Å²) in [4.78, 5) is 16.2. The fraction of sp³-hybridized carbons (Fsp3) is 0.200. The number of methoxy groups -OCH3 is 1. The molecular weight excluding hydrogens is 363 g/mol. The summed E-state index contributed by atoms with van der Waals surface area (Å²) in [5.41, 5.74) is 2.06. The average Bonchev–Trinajstić information content (AvgIpc) is 3.15. The number of carbonyl (C=O) groups is 1. The second kappa shape index (κ2) is 7.59. The summed E-state index contributed by atoms with van der Waals surface area (Å²) < 4.78 is 25.1. The molecule has 1 aromatic carbocycles. The molecule has 0 radical (unpaired) electrons. The van der Waals surface area contributed by atoms with E-state index in [1.165, 1.54) is 19.2 Å². The first-order valence-electron chi connectivity index (χ1n) is 8.70. The topological polar surface area (TPSA) is 86.2 Å². The van der Waals surface area contributed by atoms with Crippen LogP contribution in [0.15, 0.2) is 48.7 Å². The maximum atomic E-state index is 14.1. The first-order valence-corrected chi connectivity index (χ1v) is 8.70. The lowest BCUT2D eigenvalue weighted by Gasteiger charge is -2.13. The summed E-state index contributed by atoms with van der Waals surface area (Å²) in [5.74, 6) is 0.256. The lowest BCUT2D eigenvalue weighted by atomic mass is 10.0. The molecule has 1 N–H and O–H groups in total. The lowest BCUT2D eigenvalue weighted by molar-refractivity contribution is 0.0928. The van der Waals surface area contributed by atoms with Gasteiger partial charge in [0.25, 0.3) is 5.91 Å². The Labute approximate surface area is 160 Å². The van der Waals surface area contributed by atoms with Crippen LogP contribution in [0.2, 0.25) is 0 Å². The van der Waals surface area contributed by atoms with Crippen LogP contribution < -0.4 is 14.8 Å². The zero-order valence-corrected chi connectivity index (χ0v) is 15.1. The third kappa shape index (κ3) is 3.62. The van der Waals surface area contributed by atoms with E-state index < -0.39 is 0 Å². The molecule has 0 spiro atoms. The van der Waals surface area contributed by atoms with Crippen LogP contribution in [0.3, 0.4) is 0 Å². The van der Waals surface area contributed by atoms with E-state index in [2.05, 4.69) is 20.5 Å². The predicted octanol–water partition coefficient (Wildman–Crippen LogP) is 2.42. The summed E-state index contributed by atoms with van der Waals surface area (Å²) in [6.45, 7) is 0.277. The lowest BCUT2D eigenvalue weighted by Crippen LogP contribution is -2.34. The molecule has 2 aromatic heterocycles. The molecule has 1 aliphatic heterocycles. The highest BCUT2D eigenvalue weighted by atomic mass is 19.1. The van der Waals surface area contributed by atoms with Gasteiger partial charge in [-0.15, -0.1) is 10.2 Å². The summed E-state index contributed by atoms with van der Waals surface area (Å²) in [5, 5.41) is 10.8. The molecule has 3 aromatic rings. The van der Waals surface area contributed by atoms with E-state index in [9.17, 15) is 9.18 Å². The van der Waals surface area contributed by atoms with E-state index in [0.29, 0.717) is 35.0 Å². The van der Waals surface area contributed by atoms with Crippen LogP contribution in [-0.4, -0.2) is 40.8 Å². The Morgan fingerprint density at radius 1 is 1.29 bits per heavy atom. The Morgan fingerprint density at radius 3 is 2.89 bits per heavy atom. The van der Waals surface area contributed by atoms with Crippen LogP contribution in [0.1, 0.15) is 16.1 Å². The molecule has 0 unspecified atom stereocenters. The third-order valence-corrected chi connectivity index (χ3v) is 4.38. The number of nitrogens with zero attached hydrogens (tertiary/aromatic N) is 3. The van der Waals surface area contributed by atoms with Gasteiger partial charge in [0.05, 0.1) is 19.3 Å². The van der Waals surface area contributed by atoms with Gasteiger partial charge in [-0.1, -0.05) is 6.07 Å². The standard InChI is InChI=1S/C20H17FN4O3/c1-27-18-6-5-16(24-25-18)15-10-13(21)8-12-9-14(28-19(12)15)11-23-20(26)17-4-2-3-7-22-17/h2-8,10,14H,9,11H2,1H3,(H,23,26)/t14-/m1/s1. The van der Waals surface area contributed by atoms with Crippen molar-refractivity contribution in [3.63, 3.8) is 0 Å². The number of hydrogen-bond donors (Lipinski definition) is 1. The summed E-state index contributed by atoms with van der Waals surface area (Å²) >= 11 is 0. The Balaban J connectivity index is 1.50. The molecule has 1 amide bonds. The van der Waals surface area contributed by atoms with Gasteiger partial charge >= 0.3 is 0 Å². The maximum absolute atomic E-state index is 14.1. The molecule has 1 aliphatic rings. The number of rotatable bonds is 5. The van der Waals surface area contributed by atoms with Gasteiger partial charge in [-0.3, -0.25) is 9.78 Å². The van der Waals surface area contributed by atoms with Gasteiger partial charge in [0.1, 0.15) is 23.4 Å². The number of hydrogen-bond acceptors (Lipinski definition) is 6. The van der Waals surface area contributed by atoms with Crippen LogP contribution in [0.4, 0.5) is 4.39 Å². The highest BCUT2D eigenvalue weighted by Crippen LogP contribution is 2.38. The normalized spacial score (nSPS) is 14.9. The van der Waals surface area contributed by atoms with Crippen molar-refractivity contribution < 1.29 is 18.7 Å². The zero-order valence-electron chi connectivity index (χ0n) is 15.1. The molecule has 4 rings (SSSR count). The van der Waals surface area contributed by atoms with Crippen LogP contribution >= 0.6 is 0 Å². The highest BCUT2D eigenvalue weighted by Gasteiger charge is 2.28. The number of benzene rings is 1. The van der Waals surface area contributed by atoms with Crippen molar-refractivity contribution in [2.45, 2.75) is 12.5 Å². The van der Waals surface area contributed by atoms with E-state index in [1.54, 1.807) is 36.5 Å². The fourth-order valence-corrected chi connectivity index (χ4v) is 3.07. The number of nitrogens with one attached hydrogen (secondary N) is 1. The maximum Gasteiger partial charge on any atom is 0.270 e. The minimum absolute atomic E-state index is 0.277. The fourth-order valence-electron chi connectivity index (χ4n) is 3.07. The van der Waals surface area contributed by atoms with Crippen LogP contribution in [0, 0.1) is 5.82 Å². The molecule has 142 valence electrons. The molecule has 0 saturated carbocycles.